The highest BCUT2D eigenvalue weighted by atomic mass is 35.5. The molecule has 0 aliphatic carbocycles. The van der Waals surface area contributed by atoms with Crippen LogP contribution in [0.1, 0.15) is 36.6 Å². The highest BCUT2D eigenvalue weighted by Crippen LogP contribution is 2.34. The predicted octanol–water partition coefficient (Wildman–Crippen LogP) is 6.94. The summed E-state index contributed by atoms with van der Waals surface area (Å²) in [6.07, 6.45) is 2.14. The Hall–Kier alpha value is -3.48. The highest BCUT2D eigenvalue weighted by Gasteiger charge is 2.21. The molecule has 0 saturated heterocycles. The smallest absolute Gasteiger partial charge is 0.231 e. The lowest BCUT2D eigenvalue weighted by molar-refractivity contribution is 0.174. The number of methoxy groups -OCH3 is 1. The molecule has 37 heavy (non-hydrogen) atoms. The number of hydrogen-bond acceptors (Lipinski definition) is 5. The van der Waals surface area contributed by atoms with Crippen molar-refractivity contribution in [2.45, 2.75) is 45.9 Å². The second-order valence-corrected chi connectivity index (χ2v) is 9.59. The molecule has 7 heteroatoms. The first-order chi connectivity index (χ1) is 18.1. The molecular formula is C30H32ClN3O3. The number of ether oxygens (including phenoxy) is 3. The molecule has 0 radical (unpaired) electrons. The number of fused-ring (bicyclic) bond motifs is 1. The summed E-state index contributed by atoms with van der Waals surface area (Å²) in [7, 11) is 1.70. The third-order valence-corrected chi connectivity index (χ3v) is 6.85. The summed E-state index contributed by atoms with van der Waals surface area (Å²) in [5, 5.41) is 0.552. The fraction of sp³-hybridized carbons (Fsp3) is 0.300. The fourth-order valence-electron chi connectivity index (χ4n) is 4.68. The number of benzene rings is 3. The maximum absolute atomic E-state index is 6.84. The van der Waals surface area contributed by atoms with Crippen LogP contribution in [0.2, 0.25) is 5.15 Å². The van der Waals surface area contributed by atoms with Crippen LogP contribution < -0.4 is 14.2 Å². The number of unbranched alkanes of at least 4 members (excludes halogenated alkanes) is 1. The second kappa shape index (κ2) is 11.7. The SMILES string of the molecule is CCCCn1c(-c2ccccc2)nc(Cl)c1CN(Cc1cccc(OC)c1)Cc1ccc2c(c1)OCO2. The Morgan fingerprint density at radius 1 is 0.919 bits per heavy atom. The summed E-state index contributed by atoms with van der Waals surface area (Å²) in [6, 6.07) is 24.6. The van der Waals surface area contributed by atoms with Gasteiger partial charge in [0, 0.05) is 31.7 Å². The van der Waals surface area contributed by atoms with Gasteiger partial charge in [-0.25, -0.2) is 4.98 Å². The van der Waals surface area contributed by atoms with E-state index in [0.29, 0.717) is 18.2 Å². The van der Waals surface area contributed by atoms with Crippen LogP contribution in [0, 0.1) is 0 Å². The monoisotopic (exact) mass is 517 g/mol. The normalized spacial score (nSPS) is 12.3. The van der Waals surface area contributed by atoms with E-state index in [9.17, 15) is 0 Å². The molecule has 1 aromatic heterocycles. The Kier molecular flexibility index (Phi) is 7.97. The molecule has 3 aromatic carbocycles. The van der Waals surface area contributed by atoms with Gasteiger partial charge in [0.25, 0.3) is 0 Å². The van der Waals surface area contributed by atoms with E-state index in [0.717, 1.165) is 65.8 Å². The van der Waals surface area contributed by atoms with Gasteiger partial charge in [0.1, 0.15) is 11.6 Å². The first-order valence-corrected chi connectivity index (χ1v) is 13.1. The number of halogens is 1. The standard InChI is InChI=1S/C30H32ClN3O3/c1-3-4-15-34-26(29(31)32-30(34)24-10-6-5-7-11-24)20-33(18-22-9-8-12-25(16-22)35-2)19-23-13-14-27-28(17-23)37-21-36-27/h5-14,16-17H,3-4,15,18-21H2,1-2H3. The van der Waals surface area contributed by atoms with Crippen LogP contribution in [0.4, 0.5) is 0 Å². The molecule has 1 aliphatic heterocycles. The van der Waals surface area contributed by atoms with Crippen LogP contribution in [-0.4, -0.2) is 28.4 Å². The van der Waals surface area contributed by atoms with E-state index in [1.807, 2.05) is 36.4 Å². The summed E-state index contributed by atoms with van der Waals surface area (Å²) in [5.74, 6) is 3.34. The average Bonchev–Trinajstić information content (AvgIpc) is 3.52. The molecule has 0 saturated carbocycles. The van der Waals surface area contributed by atoms with E-state index >= 15 is 0 Å². The number of hydrogen-bond donors (Lipinski definition) is 0. The van der Waals surface area contributed by atoms with Crippen molar-refractivity contribution in [2.75, 3.05) is 13.9 Å². The van der Waals surface area contributed by atoms with Crippen LogP contribution >= 0.6 is 11.6 Å². The predicted molar refractivity (Wildman–Crippen MR) is 146 cm³/mol. The lowest BCUT2D eigenvalue weighted by Gasteiger charge is -2.24. The van der Waals surface area contributed by atoms with Crippen molar-refractivity contribution in [1.82, 2.24) is 14.5 Å². The van der Waals surface area contributed by atoms with Crippen molar-refractivity contribution in [2.24, 2.45) is 0 Å². The molecule has 4 aromatic rings. The van der Waals surface area contributed by atoms with Gasteiger partial charge in [-0.15, -0.1) is 0 Å². The van der Waals surface area contributed by atoms with Gasteiger partial charge in [0.05, 0.1) is 12.8 Å². The molecule has 2 heterocycles. The van der Waals surface area contributed by atoms with Crippen molar-refractivity contribution < 1.29 is 14.2 Å². The Morgan fingerprint density at radius 2 is 1.70 bits per heavy atom. The van der Waals surface area contributed by atoms with Gasteiger partial charge in [-0.05, 0) is 41.8 Å². The van der Waals surface area contributed by atoms with Crippen molar-refractivity contribution >= 4 is 11.6 Å². The van der Waals surface area contributed by atoms with E-state index in [1.54, 1.807) is 7.11 Å². The molecular weight excluding hydrogens is 486 g/mol. The minimum absolute atomic E-state index is 0.265. The molecule has 6 nitrogen and oxygen atoms in total. The molecule has 0 unspecified atom stereocenters. The van der Waals surface area contributed by atoms with E-state index in [2.05, 4.69) is 52.8 Å². The van der Waals surface area contributed by atoms with E-state index < -0.39 is 0 Å². The quantitative estimate of drug-likeness (QED) is 0.215. The van der Waals surface area contributed by atoms with Crippen LogP contribution in [-0.2, 0) is 26.2 Å². The van der Waals surface area contributed by atoms with Gasteiger partial charge >= 0.3 is 0 Å². The molecule has 192 valence electrons. The van der Waals surface area contributed by atoms with Crippen molar-refractivity contribution in [1.29, 1.82) is 0 Å². The number of rotatable bonds is 11. The Morgan fingerprint density at radius 3 is 2.49 bits per heavy atom. The number of aromatic nitrogens is 2. The van der Waals surface area contributed by atoms with Crippen molar-refractivity contribution in [3.05, 3.63) is 94.8 Å². The topological polar surface area (TPSA) is 48.8 Å². The van der Waals surface area contributed by atoms with E-state index in [4.69, 9.17) is 30.8 Å². The molecule has 0 fully saturated rings. The Balaban J connectivity index is 1.49. The minimum atomic E-state index is 0.265. The van der Waals surface area contributed by atoms with Crippen LogP contribution in [0.3, 0.4) is 0 Å². The molecule has 5 rings (SSSR count). The van der Waals surface area contributed by atoms with Gasteiger partial charge in [0.15, 0.2) is 16.7 Å². The molecule has 0 N–H and O–H groups in total. The average molecular weight is 518 g/mol. The molecule has 0 spiro atoms. The zero-order chi connectivity index (χ0) is 25.6. The van der Waals surface area contributed by atoms with Crippen LogP contribution in [0.25, 0.3) is 11.4 Å². The highest BCUT2D eigenvalue weighted by molar-refractivity contribution is 6.30. The number of nitrogens with zero attached hydrogens (tertiary/aromatic N) is 3. The maximum Gasteiger partial charge on any atom is 0.231 e. The van der Waals surface area contributed by atoms with Gasteiger partial charge in [-0.1, -0.05) is 73.5 Å². The van der Waals surface area contributed by atoms with Gasteiger partial charge in [-0.3, -0.25) is 4.90 Å². The van der Waals surface area contributed by atoms with E-state index in [-0.39, 0.29) is 6.79 Å². The van der Waals surface area contributed by atoms with E-state index in [1.165, 1.54) is 5.56 Å². The summed E-state index contributed by atoms with van der Waals surface area (Å²) in [6.45, 7) is 5.42. The largest absolute Gasteiger partial charge is 0.497 e. The summed E-state index contributed by atoms with van der Waals surface area (Å²) >= 11 is 6.84. The Labute approximate surface area is 223 Å². The number of imidazole rings is 1. The van der Waals surface area contributed by atoms with Crippen LogP contribution in [0.5, 0.6) is 17.2 Å². The first kappa shape index (κ1) is 25.2. The van der Waals surface area contributed by atoms with Gasteiger partial charge < -0.3 is 18.8 Å². The molecule has 0 bridgehead atoms. The van der Waals surface area contributed by atoms with Gasteiger partial charge in [0.2, 0.25) is 6.79 Å². The summed E-state index contributed by atoms with van der Waals surface area (Å²) in [5.41, 5.74) is 4.41. The third kappa shape index (κ3) is 5.92. The zero-order valence-electron chi connectivity index (χ0n) is 21.3. The molecule has 0 atom stereocenters. The van der Waals surface area contributed by atoms with Crippen molar-refractivity contribution in [3.8, 4) is 28.6 Å². The minimum Gasteiger partial charge on any atom is -0.497 e. The lowest BCUT2D eigenvalue weighted by atomic mass is 10.1. The maximum atomic E-state index is 6.84. The summed E-state index contributed by atoms with van der Waals surface area (Å²) < 4.78 is 18.9. The third-order valence-electron chi connectivity index (χ3n) is 6.55. The zero-order valence-corrected chi connectivity index (χ0v) is 22.1. The molecule has 0 amide bonds. The first-order valence-electron chi connectivity index (χ1n) is 12.7. The second-order valence-electron chi connectivity index (χ2n) is 9.23. The van der Waals surface area contributed by atoms with Crippen molar-refractivity contribution in [3.63, 3.8) is 0 Å². The summed E-state index contributed by atoms with van der Waals surface area (Å²) in [4.78, 5) is 7.20. The van der Waals surface area contributed by atoms with Gasteiger partial charge in [-0.2, -0.15) is 0 Å². The lowest BCUT2D eigenvalue weighted by Crippen LogP contribution is -2.24. The fourth-order valence-corrected chi connectivity index (χ4v) is 4.92. The van der Waals surface area contributed by atoms with Crippen LogP contribution in [0.15, 0.2) is 72.8 Å². The molecule has 1 aliphatic rings. The Bertz CT molecular complexity index is 1340.